The Balaban J connectivity index is 0.00000103. The first-order valence-corrected chi connectivity index (χ1v) is 21.5. The van der Waals surface area contributed by atoms with Crippen LogP contribution in [-0.2, 0) is 37.9 Å². The molecule has 0 aromatic heterocycles. The minimum absolute atomic E-state index is 0. The van der Waals surface area contributed by atoms with E-state index in [1.807, 2.05) is 7.11 Å². The first-order valence-electron chi connectivity index (χ1n) is 21.5. The molecule has 324 valence electrons. The molecule has 10 heteroatoms. The standard InChI is InChI=1S/C23H44O5.C21H42O4.FH/c1-7-9-10-11-12-13-20(25-6)14-16-26-22-18(3)21(17-24-5)28-23(19(22)4)27-15-8-2;1-6-7-8-9-10-11-19(24-5)12-13-25-21-16(2)18(15-23-4)14-20(22)17(21)3;/h8,18-23H,2,7,9-17H2,1,3-6H3;16-22H,6-15H2,1-5H3;1H. The summed E-state index contributed by atoms with van der Waals surface area (Å²) >= 11 is 0. The Morgan fingerprint density at radius 3 is 1.61 bits per heavy atom. The summed E-state index contributed by atoms with van der Waals surface area (Å²) in [7, 11) is 7.05. The van der Waals surface area contributed by atoms with E-state index in [1.54, 1.807) is 27.4 Å². The molecular weight excluding hydrogens is 691 g/mol. The highest BCUT2D eigenvalue weighted by Gasteiger charge is 2.43. The molecule has 0 spiro atoms. The van der Waals surface area contributed by atoms with Gasteiger partial charge in [0.05, 0.1) is 49.8 Å². The predicted molar refractivity (Wildman–Crippen MR) is 219 cm³/mol. The third-order valence-electron chi connectivity index (χ3n) is 11.8. The van der Waals surface area contributed by atoms with Gasteiger partial charge < -0.3 is 43.0 Å². The highest BCUT2D eigenvalue weighted by atomic mass is 19.0. The molecule has 54 heavy (non-hydrogen) atoms. The van der Waals surface area contributed by atoms with Crippen LogP contribution in [0.2, 0.25) is 0 Å². The zero-order valence-corrected chi connectivity index (χ0v) is 36.5. The van der Waals surface area contributed by atoms with Gasteiger partial charge in [-0.15, -0.1) is 6.58 Å². The normalized spacial score (nSPS) is 29.5. The van der Waals surface area contributed by atoms with Crippen molar-refractivity contribution in [1.29, 1.82) is 0 Å². The molecule has 1 N–H and O–H groups in total. The largest absolute Gasteiger partial charge is 0.393 e. The van der Waals surface area contributed by atoms with Crippen LogP contribution in [0.25, 0.3) is 0 Å². The van der Waals surface area contributed by atoms with Gasteiger partial charge in [0.1, 0.15) is 0 Å². The maximum Gasteiger partial charge on any atom is 0.163 e. The summed E-state index contributed by atoms with van der Waals surface area (Å²) in [5, 5.41) is 10.3. The van der Waals surface area contributed by atoms with Gasteiger partial charge in [-0.25, -0.2) is 0 Å². The number of unbranched alkanes of at least 4 members (excludes halogenated alkanes) is 8. The maximum absolute atomic E-state index is 10.3. The third-order valence-corrected chi connectivity index (χ3v) is 11.8. The second-order valence-corrected chi connectivity index (χ2v) is 15.9. The number of ether oxygens (including phenoxy) is 8. The van der Waals surface area contributed by atoms with Gasteiger partial charge in [-0.05, 0) is 43.9 Å². The van der Waals surface area contributed by atoms with Crippen LogP contribution >= 0.6 is 0 Å². The second-order valence-electron chi connectivity index (χ2n) is 15.9. The summed E-state index contributed by atoms with van der Waals surface area (Å²) in [5.41, 5.74) is 0. The van der Waals surface area contributed by atoms with Crippen LogP contribution in [0.5, 0.6) is 0 Å². The minimum atomic E-state index is -0.295. The molecule has 1 aliphatic heterocycles. The van der Waals surface area contributed by atoms with Crippen molar-refractivity contribution in [3.05, 3.63) is 12.7 Å². The van der Waals surface area contributed by atoms with E-state index in [0.717, 1.165) is 32.1 Å². The SMILES string of the molecule is C=CCOC1OC(COC)C(C)C(OCCC(CCCCCCC)OC)C1C.CCCCCCCC(CCOC1C(C)C(O)CC(COC)C1C)OC.F. The smallest absolute Gasteiger partial charge is 0.163 e. The van der Waals surface area contributed by atoms with Crippen molar-refractivity contribution in [2.75, 3.05) is 61.5 Å². The molecule has 0 radical (unpaired) electrons. The molecule has 2 rings (SSSR count). The average molecular weight is 779 g/mol. The van der Waals surface area contributed by atoms with Gasteiger partial charge in [0.2, 0.25) is 0 Å². The number of hydrogen-bond acceptors (Lipinski definition) is 9. The van der Waals surface area contributed by atoms with E-state index in [2.05, 4.69) is 48.1 Å². The first-order chi connectivity index (χ1) is 25.6. The van der Waals surface area contributed by atoms with Gasteiger partial charge in [-0.2, -0.15) is 0 Å². The zero-order valence-electron chi connectivity index (χ0n) is 36.5. The molecule has 0 amide bonds. The lowest BCUT2D eigenvalue weighted by Gasteiger charge is -2.44. The number of rotatable bonds is 29. The second kappa shape index (κ2) is 33.3. The Labute approximate surface area is 331 Å². The van der Waals surface area contributed by atoms with E-state index in [-0.39, 0.29) is 65.4 Å². The fourth-order valence-corrected chi connectivity index (χ4v) is 8.10. The molecule has 1 saturated carbocycles. The Bertz CT molecular complexity index is 853. The fourth-order valence-electron chi connectivity index (χ4n) is 8.10. The van der Waals surface area contributed by atoms with Crippen molar-refractivity contribution >= 4 is 0 Å². The highest BCUT2D eigenvalue weighted by Crippen LogP contribution is 2.37. The van der Waals surface area contributed by atoms with Gasteiger partial charge in [0.25, 0.3) is 0 Å². The van der Waals surface area contributed by atoms with Crippen LogP contribution in [0.15, 0.2) is 12.7 Å². The van der Waals surface area contributed by atoms with Gasteiger partial charge in [0, 0.05) is 66.0 Å². The first kappa shape index (κ1) is 53.3. The van der Waals surface area contributed by atoms with Crippen molar-refractivity contribution in [1.82, 2.24) is 0 Å². The highest BCUT2D eigenvalue weighted by molar-refractivity contribution is 4.90. The molecule has 0 aromatic rings. The maximum atomic E-state index is 10.3. The van der Waals surface area contributed by atoms with Gasteiger partial charge in [-0.3, -0.25) is 4.70 Å². The Morgan fingerprint density at radius 2 is 1.15 bits per heavy atom. The lowest BCUT2D eigenvalue weighted by atomic mass is 9.72. The summed E-state index contributed by atoms with van der Waals surface area (Å²) < 4.78 is 46.5. The van der Waals surface area contributed by atoms with Crippen LogP contribution < -0.4 is 0 Å². The molecular formula is C44H87FO9. The molecule has 0 bridgehead atoms. The molecule has 12 atom stereocenters. The molecule has 1 heterocycles. The summed E-state index contributed by atoms with van der Waals surface area (Å²) in [6.07, 6.45) is 19.7. The summed E-state index contributed by atoms with van der Waals surface area (Å²) in [6.45, 7) is 20.0. The number of halogens is 1. The molecule has 1 aliphatic carbocycles. The molecule has 2 fully saturated rings. The summed E-state index contributed by atoms with van der Waals surface area (Å²) in [4.78, 5) is 0. The topological polar surface area (TPSA) is 94.1 Å². The quantitative estimate of drug-likeness (QED) is 0.0589. The number of aliphatic hydroxyl groups excluding tert-OH is 1. The van der Waals surface area contributed by atoms with Gasteiger partial charge in [0.15, 0.2) is 6.29 Å². The summed E-state index contributed by atoms with van der Waals surface area (Å²) in [6, 6.07) is 0. The Kier molecular flexibility index (Phi) is 32.9. The van der Waals surface area contributed by atoms with Crippen molar-refractivity contribution in [2.24, 2.45) is 29.6 Å². The van der Waals surface area contributed by atoms with Crippen molar-refractivity contribution < 1.29 is 47.7 Å². The lowest BCUT2D eigenvalue weighted by molar-refractivity contribution is -0.272. The van der Waals surface area contributed by atoms with Crippen LogP contribution in [0, 0.1) is 29.6 Å². The van der Waals surface area contributed by atoms with E-state index >= 15 is 0 Å². The fraction of sp³-hybridized carbons (Fsp3) is 0.955. The van der Waals surface area contributed by atoms with Gasteiger partial charge in [-0.1, -0.05) is 112 Å². The predicted octanol–water partition coefficient (Wildman–Crippen LogP) is 9.57. The van der Waals surface area contributed by atoms with E-state index in [9.17, 15) is 5.11 Å². The Hall–Kier alpha value is -0.690. The van der Waals surface area contributed by atoms with Crippen molar-refractivity contribution in [2.45, 2.75) is 181 Å². The summed E-state index contributed by atoms with van der Waals surface area (Å²) in [5.74, 6) is 1.36. The number of hydrogen-bond donors (Lipinski definition) is 1. The molecule has 12 unspecified atom stereocenters. The zero-order chi connectivity index (χ0) is 39.4. The van der Waals surface area contributed by atoms with E-state index in [4.69, 9.17) is 37.9 Å². The monoisotopic (exact) mass is 779 g/mol. The average Bonchev–Trinajstić information content (AvgIpc) is 3.15. The number of aliphatic hydroxyl groups is 1. The van der Waals surface area contributed by atoms with Gasteiger partial charge >= 0.3 is 0 Å². The van der Waals surface area contributed by atoms with E-state index in [0.29, 0.717) is 44.9 Å². The Morgan fingerprint density at radius 1 is 0.648 bits per heavy atom. The van der Waals surface area contributed by atoms with Crippen molar-refractivity contribution in [3.63, 3.8) is 0 Å². The molecule has 0 aromatic carbocycles. The van der Waals surface area contributed by atoms with Crippen LogP contribution in [0.3, 0.4) is 0 Å². The minimum Gasteiger partial charge on any atom is -0.393 e. The third kappa shape index (κ3) is 20.6. The number of methoxy groups -OCH3 is 4. The van der Waals surface area contributed by atoms with E-state index in [1.165, 1.54) is 64.2 Å². The lowest BCUT2D eigenvalue weighted by Crippen LogP contribution is -2.52. The van der Waals surface area contributed by atoms with Crippen LogP contribution in [0.1, 0.15) is 138 Å². The van der Waals surface area contributed by atoms with E-state index < -0.39 is 0 Å². The van der Waals surface area contributed by atoms with Crippen molar-refractivity contribution in [3.8, 4) is 0 Å². The van der Waals surface area contributed by atoms with Crippen LogP contribution in [0.4, 0.5) is 4.70 Å². The molecule has 2 aliphatic rings. The van der Waals surface area contributed by atoms with Crippen LogP contribution in [-0.4, -0.2) is 109 Å². The molecule has 1 saturated heterocycles. The molecule has 9 nitrogen and oxygen atoms in total.